The molecular formula is C15H30N2O3. The Balaban J connectivity index is 2.44. The fourth-order valence-electron chi connectivity index (χ4n) is 2.41. The third-order valence-electron chi connectivity index (χ3n) is 3.70. The van der Waals surface area contributed by atoms with Gasteiger partial charge in [-0.25, -0.2) is 4.79 Å². The van der Waals surface area contributed by atoms with Crippen molar-refractivity contribution in [2.45, 2.75) is 64.6 Å². The molecule has 118 valence electrons. The number of carbonyl (C=O) groups is 1. The number of nitrogens with two attached hydrogens (primary N) is 1. The summed E-state index contributed by atoms with van der Waals surface area (Å²) in [6.45, 7) is 9.16. The van der Waals surface area contributed by atoms with Crippen molar-refractivity contribution < 1.29 is 14.6 Å². The Morgan fingerprint density at radius 3 is 2.60 bits per heavy atom. The zero-order valence-electron chi connectivity index (χ0n) is 13.3. The van der Waals surface area contributed by atoms with Gasteiger partial charge in [-0.15, -0.1) is 0 Å². The van der Waals surface area contributed by atoms with Crippen molar-refractivity contribution in [1.29, 1.82) is 0 Å². The van der Waals surface area contributed by atoms with Crippen LogP contribution in [0.3, 0.4) is 0 Å². The molecule has 0 aromatic carbocycles. The lowest BCUT2D eigenvalue weighted by atomic mass is 9.88. The maximum absolute atomic E-state index is 12.1. The molecule has 20 heavy (non-hydrogen) atoms. The van der Waals surface area contributed by atoms with Crippen molar-refractivity contribution in [1.82, 2.24) is 4.90 Å². The molecule has 0 aromatic heterocycles. The Morgan fingerprint density at radius 1 is 1.40 bits per heavy atom. The second-order valence-electron chi connectivity index (χ2n) is 7.17. The van der Waals surface area contributed by atoms with Crippen molar-refractivity contribution in [3.8, 4) is 0 Å². The first-order chi connectivity index (χ1) is 9.13. The van der Waals surface area contributed by atoms with Gasteiger partial charge < -0.3 is 20.5 Å². The number of ether oxygens (including phenoxy) is 1. The standard InChI is InChI=1S/C15H30N2O3/c1-14(2,3)20-13(18)17-9-5-6-12(10-17)7-8-15(4,19)11-16/h12,19H,5-11,16H2,1-4H3. The lowest BCUT2D eigenvalue weighted by molar-refractivity contribution is 0.0127. The number of nitrogens with zero attached hydrogens (tertiary/aromatic N) is 1. The molecule has 5 heteroatoms. The molecule has 1 aliphatic rings. The van der Waals surface area contributed by atoms with Crippen LogP contribution in [0.25, 0.3) is 0 Å². The van der Waals surface area contributed by atoms with Crippen molar-refractivity contribution in [2.75, 3.05) is 19.6 Å². The highest BCUT2D eigenvalue weighted by atomic mass is 16.6. The monoisotopic (exact) mass is 286 g/mol. The first kappa shape index (κ1) is 17.2. The van der Waals surface area contributed by atoms with Crippen LogP contribution in [0.1, 0.15) is 53.4 Å². The van der Waals surface area contributed by atoms with E-state index < -0.39 is 11.2 Å². The van der Waals surface area contributed by atoms with Crippen LogP contribution in [0.2, 0.25) is 0 Å². The maximum atomic E-state index is 12.1. The van der Waals surface area contributed by atoms with E-state index in [1.807, 2.05) is 20.8 Å². The number of aliphatic hydroxyl groups is 1. The molecule has 0 spiro atoms. The molecule has 0 aliphatic carbocycles. The van der Waals surface area contributed by atoms with Gasteiger partial charge in [0.05, 0.1) is 5.60 Å². The van der Waals surface area contributed by atoms with Crippen molar-refractivity contribution >= 4 is 6.09 Å². The summed E-state index contributed by atoms with van der Waals surface area (Å²) < 4.78 is 5.41. The number of hydrogen-bond acceptors (Lipinski definition) is 4. The number of rotatable bonds is 4. The Labute approximate surface area is 122 Å². The number of amides is 1. The first-order valence-electron chi connectivity index (χ1n) is 7.53. The molecule has 0 aromatic rings. The zero-order valence-corrected chi connectivity index (χ0v) is 13.3. The highest BCUT2D eigenvalue weighted by Gasteiger charge is 2.29. The molecule has 2 unspecified atom stereocenters. The summed E-state index contributed by atoms with van der Waals surface area (Å²) in [6.07, 6.45) is 3.43. The Kier molecular flexibility index (Phi) is 5.83. The van der Waals surface area contributed by atoms with Gasteiger partial charge in [0.2, 0.25) is 0 Å². The van der Waals surface area contributed by atoms with Gasteiger partial charge in [-0.3, -0.25) is 0 Å². The number of piperidine rings is 1. The van der Waals surface area contributed by atoms with E-state index in [0.29, 0.717) is 12.3 Å². The SMILES string of the molecule is CC(O)(CN)CCC1CCCN(C(=O)OC(C)(C)C)C1. The molecule has 1 saturated heterocycles. The molecular weight excluding hydrogens is 256 g/mol. The summed E-state index contributed by atoms with van der Waals surface area (Å²) in [6, 6.07) is 0. The normalized spacial score (nSPS) is 23.3. The smallest absolute Gasteiger partial charge is 0.410 e. The average molecular weight is 286 g/mol. The summed E-state index contributed by atoms with van der Waals surface area (Å²) in [5.74, 6) is 0.425. The number of carbonyl (C=O) groups excluding carboxylic acids is 1. The fraction of sp³-hybridized carbons (Fsp3) is 0.933. The van der Waals surface area contributed by atoms with Crippen LogP contribution in [0, 0.1) is 5.92 Å². The first-order valence-corrected chi connectivity index (χ1v) is 7.53. The second-order valence-corrected chi connectivity index (χ2v) is 7.17. The van der Waals surface area contributed by atoms with Gasteiger partial charge >= 0.3 is 6.09 Å². The summed E-state index contributed by atoms with van der Waals surface area (Å²) in [7, 11) is 0. The van der Waals surface area contributed by atoms with E-state index in [2.05, 4.69) is 0 Å². The van der Waals surface area contributed by atoms with E-state index in [4.69, 9.17) is 10.5 Å². The van der Waals surface area contributed by atoms with Crippen molar-refractivity contribution in [3.05, 3.63) is 0 Å². The van der Waals surface area contributed by atoms with Crippen LogP contribution in [-0.2, 0) is 4.74 Å². The number of likely N-dealkylation sites (tertiary alicyclic amines) is 1. The minimum absolute atomic E-state index is 0.229. The quantitative estimate of drug-likeness (QED) is 0.830. The topological polar surface area (TPSA) is 75.8 Å². The van der Waals surface area contributed by atoms with Gasteiger partial charge in [0, 0.05) is 19.6 Å². The van der Waals surface area contributed by atoms with Gasteiger partial charge in [0.1, 0.15) is 5.60 Å². The molecule has 1 aliphatic heterocycles. The second kappa shape index (κ2) is 6.76. The Bertz CT molecular complexity index is 324. The molecule has 1 rings (SSSR count). The Hall–Kier alpha value is -0.810. The highest BCUT2D eigenvalue weighted by Crippen LogP contribution is 2.25. The lowest BCUT2D eigenvalue weighted by Crippen LogP contribution is -2.43. The van der Waals surface area contributed by atoms with Crippen LogP contribution in [0.15, 0.2) is 0 Å². The van der Waals surface area contributed by atoms with E-state index in [1.165, 1.54) is 0 Å². The average Bonchev–Trinajstić information content (AvgIpc) is 2.35. The summed E-state index contributed by atoms with van der Waals surface area (Å²) in [5.41, 5.74) is 4.28. The highest BCUT2D eigenvalue weighted by molar-refractivity contribution is 5.68. The van der Waals surface area contributed by atoms with Gasteiger partial charge in [-0.1, -0.05) is 0 Å². The van der Waals surface area contributed by atoms with E-state index >= 15 is 0 Å². The molecule has 0 bridgehead atoms. The summed E-state index contributed by atoms with van der Waals surface area (Å²) in [4.78, 5) is 13.8. The van der Waals surface area contributed by atoms with Crippen LogP contribution in [0.4, 0.5) is 4.79 Å². The van der Waals surface area contributed by atoms with Crippen LogP contribution in [0.5, 0.6) is 0 Å². The van der Waals surface area contributed by atoms with Crippen LogP contribution in [-0.4, -0.2) is 46.9 Å². The van der Waals surface area contributed by atoms with E-state index in [1.54, 1.807) is 11.8 Å². The largest absolute Gasteiger partial charge is 0.444 e. The van der Waals surface area contributed by atoms with E-state index in [9.17, 15) is 9.90 Å². The number of hydrogen-bond donors (Lipinski definition) is 2. The van der Waals surface area contributed by atoms with Crippen LogP contribution >= 0.6 is 0 Å². The molecule has 5 nitrogen and oxygen atoms in total. The zero-order chi connectivity index (χ0) is 15.4. The minimum Gasteiger partial charge on any atom is -0.444 e. The van der Waals surface area contributed by atoms with Gasteiger partial charge in [-0.05, 0) is 59.3 Å². The fourth-order valence-corrected chi connectivity index (χ4v) is 2.41. The lowest BCUT2D eigenvalue weighted by Gasteiger charge is -2.35. The maximum Gasteiger partial charge on any atom is 0.410 e. The van der Waals surface area contributed by atoms with E-state index in [-0.39, 0.29) is 12.6 Å². The molecule has 0 radical (unpaired) electrons. The summed E-state index contributed by atoms with van der Waals surface area (Å²) in [5, 5.41) is 9.95. The third-order valence-corrected chi connectivity index (χ3v) is 3.70. The summed E-state index contributed by atoms with van der Waals surface area (Å²) >= 11 is 0. The van der Waals surface area contributed by atoms with Gasteiger partial charge in [0.15, 0.2) is 0 Å². The van der Waals surface area contributed by atoms with Crippen molar-refractivity contribution in [3.63, 3.8) is 0 Å². The Morgan fingerprint density at radius 2 is 2.05 bits per heavy atom. The molecule has 3 N–H and O–H groups in total. The van der Waals surface area contributed by atoms with Crippen LogP contribution < -0.4 is 5.73 Å². The third kappa shape index (κ3) is 6.09. The minimum atomic E-state index is -0.797. The molecule has 0 saturated carbocycles. The predicted molar refractivity (Wildman–Crippen MR) is 79.4 cm³/mol. The predicted octanol–water partition coefficient (Wildman–Crippen LogP) is 2.12. The molecule has 1 heterocycles. The molecule has 1 fully saturated rings. The van der Waals surface area contributed by atoms with Gasteiger partial charge in [-0.2, -0.15) is 0 Å². The van der Waals surface area contributed by atoms with Crippen molar-refractivity contribution in [2.24, 2.45) is 11.7 Å². The molecule has 1 amide bonds. The van der Waals surface area contributed by atoms with Gasteiger partial charge in [0.25, 0.3) is 0 Å². The van der Waals surface area contributed by atoms with E-state index in [0.717, 1.165) is 32.4 Å². The molecule has 2 atom stereocenters.